The van der Waals surface area contributed by atoms with Crippen LogP contribution in [0.1, 0.15) is 0 Å². The predicted octanol–water partition coefficient (Wildman–Crippen LogP) is 9.05. The highest BCUT2D eigenvalue weighted by atomic mass is 31.2. The molecular formula is C36H24NOP. The molecule has 0 aromatic heterocycles. The number of nitrogens with zero attached hydrogens (tertiary/aromatic N) is 1. The Morgan fingerprint density at radius 3 is 1.64 bits per heavy atom. The number of anilines is 2. The molecule has 3 heteroatoms. The molecule has 2 heterocycles. The summed E-state index contributed by atoms with van der Waals surface area (Å²) in [5.41, 5.74) is 11.0. The molecule has 0 fully saturated rings. The summed E-state index contributed by atoms with van der Waals surface area (Å²) in [5, 5.41) is 1.80. The van der Waals surface area contributed by atoms with Crippen LogP contribution in [0.5, 0.6) is 0 Å². The first-order valence-electron chi connectivity index (χ1n) is 13.2. The van der Waals surface area contributed by atoms with Crippen molar-refractivity contribution < 1.29 is 4.57 Å². The molecule has 0 amide bonds. The average Bonchev–Trinajstić information content (AvgIpc) is 3.02. The maximum atomic E-state index is 15.5. The van der Waals surface area contributed by atoms with E-state index in [-0.39, 0.29) is 0 Å². The van der Waals surface area contributed by atoms with Crippen molar-refractivity contribution >= 4 is 29.3 Å². The molecule has 0 aliphatic carbocycles. The monoisotopic (exact) mass is 517 g/mol. The SMILES string of the molecule is O=P12c3ccccc3-c3ccccc3N1c1ccc(-c3cccc(-c4ccccc4)c3)cc1-c1ccccc12. The lowest BCUT2D eigenvalue weighted by molar-refractivity contribution is 0.586. The van der Waals surface area contributed by atoms with Crippen molar-refractivity contribution in [3.63, 3.8) is 0 Å². The van der Waals surface area contributed by atoms with Gasteiger partial charge < -0.3 is 0 Å². The molecule has 0 radical (unpaired) electrons. The Morgan fingerprint density at radius 1 is 0.385 bits per heavy atom. The molecule has 6 aromatic rings. The van der Waals surface area contributed by atoms with Crippen molar-refractivity contribution in [3.05, 3.63) is 146 Å². The zero-order valence-corrected chi connectivity index (χ0v) is 22.1. The van der Waals surface area contributed by atoms with Crippen molar-refractivity contribution in [2.45, 2.75) is 0 Å². The van der Waals surface area contributed by atoms with Crippen LogP contribution in [0.25, 0.3) is 44.5 Å². The topological polar surface area (TPSA) is 20.3 Å². The van der Waals surface area contributed by atoms with Gasteiger partial charge in [0.25, 0.3) is 0 Å². The Morgan fingerprint density at radius 2 is 0.897 bits per heavy atom. The van der Waals surface area contributed by atoms with E-state index in [1.54, 1.807) is 0 Å². The smallest absolute Gasteiger partial charge is 0.235 e. The van der Waals surface area contributed by atoms with Gasteiger partial charge in [0.1, 0.15) is 0 Å². The number of hydrogen-bond donors (Lipinski definition) is 0. The van der Waals surface area contributed by atoms with E-state index in [1.165, 1.54) is 11.1 Å². The average molecular weight is 518 g/mol. The molecule has 39 heavy (non-hydrogen) atoms. The summed E-state index contributed by atoms with van der Waals surface area (Å²) < 4.78 is 17.6. The van der Waals surface area contributed by atoms with Crippen LogP contribution in [0, 0.1) is 0 Å². The normalized spacial score (nSPS) is 16.4. The van der Waals surface area contributed by atoms with E-state index in [2.05, 4.69) is 114 Å². The Balaban J connectivity index is 1.37. The summed E-state index contributed by atoms with van der Waals surface area (Å²) in [6, 6.07) is 50.6. The first-order valence-corrected chi connectivity index (χ1v) is 14.9. The maximum absolute atomic E-state index is 15.5. The number of fused-ring (bicyclic) bond motifs is 11. The Bertz CT molecular complexity index is 1960. The van der Waals surface area contributed by atoms with Gasteiger partial charge in [0, 0.05) is 21.7 Å². The second-order valence-electron chi connectivity index (χ2n) is 10.1. The van der Waals surface area contributed by atoms with Crippen LogP contribution in [-0.2, 0) is 4.57 Å². The molecule has 2 nitrogen and oxygen atoms in total. The lowest BCUT2D eigenvalue weighted by atomic mass is 9.94. The van der Waals surface area contributed by atoms with Crippen LogP contribution in [0.15, 0.2) is 146 Å². The summed E-state index contributed by atoms with van der Waals surface area (Å²) in [6.07, 6.45) is 0. The molecular weight excluding hydrogens is 493 g/mol. The summed E-state index contributed by atoms with van der Waals surface area (Å²) in [6.45, 7) is 0. The lowest BCUT2D eigenvalue weighted by Crippen LogP contribution is -2.37. The van der Waals surface area contributed by atoms with Crippen LogP contribution >= 0.6 is 7.29 Å². The molecule has 0 spiro atoms. The molecule has 0 bridgehead atoms. The zero-order chi connectivity index (χ0) is 26.0. The molecule has 1 atom stereocenters. The zero-order valence-electron chi connectivity index (χ0n) is 21.2. The minimum atomic E-state index is -3.16. The highest BCUT2D eigenvalue weighted by molar-refractivity contribution is 7.81. The van der Waals surface area contributed by atoms with Crippen molar-refractivity contribution in [1.29, 1.82) is 0 Å². The van der Waals surface area contributed by atoms with Gasteiger partial charge in [-0.05, 0) is 69.8 Å². The number of rotatable bonds is 2. The first kappa shape index (κ1) is 22.3. The molecule has 6 aromatic carbocycles. The van der Waals surface area contributed by atoms with Gasteiger partial charge in [-0.3, -0.25) is 9.24 Å². The number of benzene rings is 6. The largest absolute Gasteiger partial charge is 0.289 e. The molecule has 1 unspecified atom stereocenters. The van der Waals surface area contributed by atoms with E-state index < -0.39 is 7.29 Å². The minimum absolute atomic E-state index is 0.898. The second-order valence-corrected chi connectivity index (χ2v) is 12.6. The highest BCUT2D eigenvalue weighted by Gasteiger charge is 2.47. The van der Waals surface area contributed by atoms with Crippen LogP contribution in [0.2, 0.25) is 0 Å². The molecule has 2 aliphatic heterocycles. The molecule has 0 saturated heterocycles. The van der Waals surface area contributed by atoms with Crippen molar-refractivity contribution in [3.8, 4) is 44.5 Å². The van der Waals surface area contributed by atoms with E-state index in [4.69, 9.17) is 0 Å². The first-order chi connectivity index (χ1) is 19.2. The fraction of sp³-hybridized carbons (Fsp3) is 0. The van der Waals surface area contributed by atoms with Crippen LogP contribution in [-0.4, -0.2) is 0 Å². The third kappa shape index (κ3) is 3.19. The molecule has 0 N–H and O–H groups in total. The summed E-state index contributed by atoms with van der Waals surface area (Å²) >= 11 is 0. The third-order valence-corrected chi connectivity index (χ3v) is 11.1. The van der Waals surface area contributed by atoms with E-state index in [1.807, 2.05) is 36.4 Å². The lowest BCUT2D eigenvalue weighted by Gasteiger charge is -2.44. The highest BCUT2D eigenvalue weighted by Crippen LogP contribution is 2.65. The van der Waals surface area contributed by atoms with E-state index >= 15 is 4.57 Å². The standard InChI is InChI=1S/C36H24NOP/c38-39-35-19-8-5-16-30(35)29-15-4-7-18-33(29)37(39)34-22-21-28(24-32(34)31-17-6-9-20-36(31)39)27-14-10-13-26(23-27)25-11-2-1-3-12-25/h1-24H. The van der Waals surface area contributed by atoms with Crippen molar-refractivity contribution in [2.24, 2.45) is 0 Å². The quantitative estimate of drug-likeness (QED) is 0.214. The van der Waals surface area contributed by atoms with Gasteiger partial charge in [-0.25, -0.2) is 0 Å². The van der Waals surface area contributed by atoms with Crippen LogP contribution in [0.3, 0.4) is 0 Å². The number of hydrogen-bond acceptors (Lipinski definition) is 1. The van der Waals surface area contributed by atoms with Gasteiger partial charge in [-0.1, -0.05) is 109 Å². The van der Waals surface area contributed by atoms with E-state index in [9.17, 15) is 0 Å². The van der Waals surface area contributed by atoms with Gasteiger partial charge in [0.05, 0.1) is 11.4 Å². The van der Waals surface area contributed by atoms with Gasteiger partial charge in [0.15, 0.2) is 0 Å². The molecule has 2 aliphatic rings. The minimum Gasteiger partial charge on any atom is -0.289 e. The Kier molecular flexibility index (Phi) is 4.83. The van der Waals surface area contributed by atoms with Gasteiger partial charge >= 0.3 is 0 Å². The van der Waals surface area contributed by atoms with E-state index in [0.29, 0.717) is 0 Å². The molecule has 184 valence electrons. The predicted molar refractivity (Wildman–Crippen MR) is 164 cm³/mol. The number of para-hydroxylation sites is 1. The fourth-order valence-electron chi connectivity index (χ4n) is 6.22. The van der Waals surface area contributed by atoms with E-state index in [0.717, 1.165) is 55.4 Å². The summed E-state index contributed by atoms with van der Waals surface area (Å²) in [7, 11) is -3.16. The van der Waals surface area contributed by atoms with Crippen LogP contribution < -0.4 is 15.3 Å². The maximum Gasteiger partial charge on any atom is 0.235 e. The molecule has 0 saturated carbocycles. The van der Waals surface area contributed by atoms with Crippen molar-refractivity contribution in [1.82, 2.24) is 0 Å². The summed E-state index contributed by atoms with van der Waals surface area (Å²) in [4.78, 5) is 0. The Hall–Kier alpha value is -4.65. The van der Waals surface area contributed by atoms with Gasteiger partial charge in [-0.2, -0.15) is 0 Å². The van der Waals surface area contributed by atoms with Gasteiger partial charge in [0.2, 0.25) is 7.29 Å². The fourth-order valence-corrected chi connectivity index (χ4v) is 9.49. The van der Waals surface area contributed by atoms with Crippen LogP contribution in [0.4, 0.5) is 11.4 Å². The second kappa shape index (κ2) is 8.43. The third-order valence-electron chi connectivity index (χ3n) is 7.98. The Labute approximate surface area is 228 Å². The van der Waals surface area contributed by atoms with Gasteiger partial charge in [-0.15, -0.1) is 0 Å². The summed E-state index contributed by atoms with van der Waals surface area (Å²) in [5.74, 6) is 0. The molecule has 8 rings (SSSR count). The van der Waals surface area contributed by atoms with Crippen molar-refractivity contribution in [2.75, 3.05) is 4.67 Å².